The van der Waals surface area contributed by atoms with Crippen molar-refractivity contribution in [3.05, 3.63) is 35.4 Å². The molecule has 0 saturated carbocycles. The molecule has 0 amide bonds. The number of benzene rings is 1. The van der Waals surface area contributed by atoms with Gasteiger partial charge in [-0.1, -0.05) is 25.1 Å². The molecule has 18 heavy (non-hydrogen) atoms. The SMILES string of the molecule is CCC1OCCC1CNCc1ccccc1C#N. The first-order chi connectivity index (χ1) is 8.85. The van der Waals surface area contributed by atoms with Crippen molar-refractivity contribution in [1.29, 1.82) is 5.26 Å². The van der Waals surface area contributed by atoms with Crippen molar-refractivity contribution in [2.45, 2.75) is 32.4 Å². The summed E-state index contributed by atoms with van der Waals surface area (Å²) in [5.74, 6) is 0.615. The van der Waals surface area contributed by atoms with E-state index in [0.29, 0.717) is 12.0 Å². The first kappa shape index (κ1) is 13.1. The van der Waals surface area contributed by atoms with E-state index in [4.69, 9.17) is 10.00 Å². The lowest BCUT2D eigenvalue weighted by Gasteiger charge is -2.17. The van der Waals surface area contributed by atoms with Crippen LogP contribution in [0.25, 0.3) is 0 Å². The van der Waals surface area contributed by atoms with Crippen LogP contribution in [-0.2, 0) is 11.3 Å². The number of ether oxygens (including phenoxy) is 1. The molecule has 0 radical (unpaired) electrons. The molecule has 2 unspecified atom stereocenters. The van der Waals surface area contributed by atoms with Gasteiger partial charge in [0, 0.05) is 19.7 Å². The molecule has 0 bridgehead atoms. The molecule has 1 fully saturated rings. The topological polar surface area (TPSA) is 45.0 Å². The van der Waals surface area contributed by atoms with E-state index < -0.39 is 0 Å². The Morgan fingerprint density at radius 3 is 3.06 bits per heavy atom. The average Bonchev–Trinajstić information content (AvgIpc) is 2.87. The summed E-state index contributed by atoms with van der Waals surface area (Å²) in [6.45, 7) is 4.79. The lowest BCUT2D eigenvalue weighted by atomic mass is 9.99. The van der Waals surface area contributed by atoms with E-state index in [-0.39, 0.29) is 0 Å². The first-order valence-corrected chi connectivity index (χ1v) is 6.65. The fourth-order valence-corrected chi connectivity index (χ4v) is 2.55. The molecule has 1 aromatic carbocycles. The Morgan fingerprint density at radius 2 is 2.28 bits per heavy atom. The zero-order valence-corrected chi connectivity index (χ0v) is 10.9. The maximum absolute atomic E-state index is 9.01. The molecule has 3 heteroatoms. The summed E-state index contributed by atoms with van der Waals surface area (Å²) in [5, 5.41) is 12.5. The van der Waals surface area contributed by atoms with Crippen LogP contribution in [0.4, 0.5) is 0 Å². The highest BCUT2D eigenvalue weighted by Crippen LogP contribution is 2.22. The van der Waals surface area contributed by atoms with Gasteiger partial charge in [-0.3, -0.25) is 0 Å². The Labute approximate surface area is 109 Å². The number of hydrogen-bond acceptors (Lipinski definition) is 3. The first-order valence-electron chi connectivity index (χ1n) is 6.65. The van der Waals surface area contributed by atoms with Gasteiger partial charge in [-0.05, 0) is 30.4 Å². The zero-order valence-electron chi connectivity index (χ0n) is 10.9. The molecule has 3 nitrogen and oxygen atoms in total. The highest BCUT2D eigenvalue weighted by atomic mass is 16.5. The fourth-order valence-electron chi connectivity index (χ4n) is 2.55. The van der Waals surface area contributed by atoms with Crippen LogP contribution >= 0.6 is 0 Å². The number of rotatable bonds is 5. The standard InChI is InChI=1S/C15H20N2O/c1-2-15-14(7-8-18-15)11-17-10-13-6-4-3-5-12(13)9-16/h3-6,14-15,17H,2,7-8,10-11H2,1H3. The molecular weight excluding hydrogens is 224 g/mol. The number of hydrogen-bond donors (Lipinski definition) is 1. The molecule has 2 atom stereocenters. The Morgan fingerprint density at radius 1 is 1.44 bits per heavy atom. The van der Waals surface area contributed by atoms with E-state index in [1.807, 2.05) is 24.3 Å². The molecule has 1 aromatic rings. The third-order valence-corrected chi connectivity index (χ3v) is 3.61. The summed E-state index contributed by atoms with van der Waals surface area (Å²) in [4.78, 5) is 0. The molecule has 1 aliphatic heterocycles. The molecule has 0 aliphatic carbocycles. The third-order valence-electron chi connectivity index (χ3n) is 3.61. The van der Waals surface area contributed by atoms with Gasteiger partial charge in [-0.2, -0.15) is 5.26 Å². The number of nitrogens with one attached hydrogen (secondary N) is 1. The van der Waals surface area contributed by atoms with Crippen LogP contribution < -0.4 is 5.32 Å². The monoisotopic (exact) mass is 244 g/mol. The predicted molar refractivity (Wildman–Crippen MR) is 71.0 cm³/mol. The van der Waals surface area contributed by atoms with Crippen molar-refractivity contribution in [3.63, 3.8) is 0 Å². The summed E-state index contributed by atoms with van der Waals surface area (Å²) >= 11 is 0. The summed E-state index contributed by atoms with van der Waals surface area (Å²) in [6.07, 6.45) is 2.63. The maximum Gasteiger partial charge on any atom is 0.0995 e. The van der Waals surface area contributed by atoms with Crippen LogP contribution in [0.15, 0.2) is 24.3 Å². The fraction of sp³-hybridized carbons (Fsp3) is 0.533. The summed E-state index contributed by atoms with van der Waals surface area (Å²) < 4.78 is 5.67. The van der Waals surface area contributed by atoms with Crippen molar-refractivity contribution in [2.24, 2.45) is 5.92 Å². The minimum Gasteiger partial charge on any atom is -0.378 e. The molecule has 0 aromatic heterocycles. The van der Waals surface area contributed by atoms with Crippen LogP contribution in [0.3, 0.4) is 0 Å². The normalized spacial score (nSPS) is 22.9. The molecule has 96 valence electrons. The van der Waals surface area contributed by atoms with Gasteiger partial charge in [0.1, 0.15) is 0 Å². The maximum atomic E-state index is 9.01. The van der Waals surface area contributed by atoms with E-state index in [0.717, 1.165) is 43.7 Å². The lowest BCUT2D eigenvalue weighted by Crippen LogP contribution is -2.28. The van der Waals surface area contributed by atoms with Crippen LogP contribution in [0.2, 0.25) is 0 Å². The van der Waals surface area contributed by atoms with E-state index in [9.17, 15) is 0 Å². The van der Waals surface area contributed by atoms with Gasteiger partial charge in [0.05, 0.1) is 17.7 Å². The molecule has 2 rings (SSSR count). The van der Waals surface area contributed by atoms with Gasteiger partial charge in [-0.25, -0.2) is 0 Å². The number of nitriles is 1. The Hall–Kier alpha value is -1.37. The summed E-state index contributed by atoms with van der Waals surface area (Å²) in [7, 11) is 0. The lowest BCUT2D eigenvalue weighted by molar-refractivity contribution is 0.0872. The quantitative estimate of drug-likeness (QED) is 0.865. The zero-order chi connectivity index (χ0) is 12.8. The summed E-state index contributed by atoms with van der Waals surface area (Å²) in [5.41, 5.74) is 1.84. The summed E-state index contributed by atoms with van der Waals surface area (Å²) in [6, 6.07) is 9.98. The van der Waals surface area contributed by atoms with Crippen molar-refractivity contribution >= 4 is 0 Å². The van der Waals surface area contributed by atoms with Gasteiger partial charge in [0.25, 0.3) is 0 Å². The Balaban J connectivity index is 1.83. The van der Waals surface area contributed by atoms with Crippen LogP contribution in [0, 0.1) is 17.2 Å². The Bertz CT molecular complexity index is 425. The predicted octanol–water partition coefficient (Wildman–Crippen LogP) is 2.46. The number of nitrogens with zero attached hydrogens (tertiary/aromatic N) is 1. The van der Waals surface area contributed by atoms with Gasteiger partial charge in [-0.15, -0.1) is 0 Å². The van der Waals surface area contributed by atoms with Crippen molar-refractivity contribution < 1.29 is 4.74 Å². The van der Waals surface area contributed by atoms with E-state index in [1.165, 1.54) is 0 Å². The van der Waals surface area contributed by atoms with Crippen molar-refractivity contribution in [2.75, 3.05) is 13.2 Å². The van der Waals surface area contributed by atoms with Gasteiger partial charge < -0.3 is 10.1 Å². The molecule has 1 saturated heterocycles. The van der Waals surface area contributed by atoms with Crippen LogP contribution in [0.5, 0.6) is 0 Å². The third kappa shape index (κ3) is 3.10. The van der Waals surface area contributed by atoms with E-state index in [1.54, 1.807) is 0 Å². The smallest absolute Gasteiger partial charge is 0.0995 e. The molecule has 1 N–H and O–H groups in total. The van der Waals surface area contributed by atoms with Crippen LogP contribution in [0.1, 0.15) is 30.9 Å². The van der Waals surface area contributed by atoms with Crippen LogP contribution in [-0.4, -0.2) is 19.3 Å². The highest BCUT2D eigenvalue weighted by molar-refractivity contribution is 5.37. The molecular formula is C15H20N2O. The largest absolute Gasteiger partial charge is 0.378 e. The molecule has 1 aliphatic rings. The van der Waals surface area contributed by atoms with E-state index in [2.05, 4.69) is 18.3 Å². The van der Waals surface area contributed by atoms with Crippen molar-refractivity contribution in [1.82, 2.24) is 5.32 Å². The highest BCUT2D eigenvalue weighted by Gasteiger charge is 2.25. The Kier molecular flexibility index (Phi) is 4.74. The second kappa shape index (κ2) is 6.53. The molecule has 0 spiro atoms. The van der Waals surface area contributed by atoms with Crippen molar-refractivity contribution in [3.8, 4) is 6.07 Å². The van der Waals surface area contributed by atoms with Gasteiger partial charge >= 0.3 is 0 Å². The second-order valence-electron chi connectivity index (χ2n) is 4.77. The second-order valence-corrected chi connectivity index (χ2v) is 4.77. The molecule has 1 heterocycles. The van der Waals surface area contributed by atoms with Gasteiger partial charge in [0.15, 0.2) is 0 Å². The minimum absolute atomic E-state index is 0.406. The van der Waals surface area contributed by atoms with Gasteiger partial charge in [0.2, 0.25) is 0 Å². The average molecular weight is 244 g/mol. The minimum atomic E-state index is 0.406. The van der Waals surface area contributed by atoms with E-state index >= 15 is 0 Å².